The fraction of sp³-hybridized carbons (Fsp3) is 0.214. The lowest BCUT2D eigenvalue weighted by molar-refractivity contribution is 0.281. The zero-order chi connectivity index (χ0) is 15.3. The molecule has 21 heavy (non-hydrogen) atoms. The van der Waals surface area contributed by atoms with Gasteiger partial charge in [0.15, 0.2) is 0 Å². The highest BCUT2D eigenvalue weighted by molar-refractivity contribution is 7.89. The van der Waals surface area contributed by atoms with Crippen LogP contribution in [0.3, 0.4) is 0 Å². The Morgan fingerprint density at radius 2 is 2.05 bits per heavy atom. The normalized spacial score (nSPS) is 11.3. The van der Waals surface area contributed by atoms with E-state index >= 15 is 0 Å². The van der Waals surface area contributed by atoms with Crippen LogP contribution in [0.25, 0.3) is 0 Å². The first kappa shape index (κ1) is 15.4. The van der Waals surface area contributed by atoms with Gasteiger partial charge in [0.05, 0.1) is 18.6 Å². The Morgan fingerprint density at radius 3 is 2.76 bits per heavy atom. The van der Waals surface area contributed by atoms with Crippen LogP contribution in [0, 0.1) is 0 Å². The van der Waals surface area contributed by atoms with Gasteiger partial charge < -0.3 is 9.84 Å². The molecule has 2 aromatic rings. The number of aliphatic hydroxyl groups is 1. The van der Waals surface area contributed by atoms with Gasteiger partial charge in [-0.15, -0.1) is 0 Å². The summed E-state index contributed by atoms with van der Waals surface area (Å²) in [6.45, 7) is -0.0739. The maximum absolute atomic E-state index is 12.2. The Labute approximate surface area is 123 Å². The average molecular weight is 308 g/mol. The molecule has 0 fully saturated rings. The number of aliphatic hydroxyl groups excluding tert-OH is 1. The Balaban J connectivity index is 2.13. The third kappa shape index (κ3) is 4.01. The van der Waals surface area contributed by atoms with Gasteiger partial charge in [0.25, 0.3) is 0 Å². The van der Waals surface area contributed by atoms with Crippen LogP contribution in [0.2, 0.25) is 0 Å². The van der Waals surface area contributed by atoms with Gasteiger partial charge in [0.1, 0.15) is 0 Å². The number of sulfonamides is 1. The molecule has 0 radical (unpaired) electrons. The van der Waals surface area contributed by atoms with E-state index in [-0.39, 0.29) is 18.0 Å². The molecule has 1 aromatic carbocycles. The molecule has 0 spiro atoms. The molecule has 1 aromatic heterocycles. The maximum atomic E-state index is 12.2. The molecule has 6 nitrogen and oxygen atoms in total. The Kier molecular flexibility index (Phi) is 4.89. The van der Waals surface area contributed by atoms with Crippen molar-refractivity contribution in [1.82, 2.24) is 9.71 Å². The van der Waals surface area contributed by atoms with Crippen LogP contribution in [0.5, 0.6) is 5.88 Å². The van der Waals surface area contributed by atoms with E-state index in [0.717, 1.165) is 5.56 Å². The number of hydrogen-bond acceptors (Lipinski definition) is 5. The smallest absolute Gasteiger partial charge is 0.240 e. The van der Waals surface area contributed by atoms with E-state index in [1.807, 2.05) is 0 Å². The molecule has 2 N–H and O–H groups in total. The predicted octanol–water partition coefficient (Wildman–Crippen LogP) is 1.06. The van der Waals surface area contributed by atoms with Crippen LogP contribution in [-0.4, -0.2) is 25.6 Å². The minimum Gasteiger partial charge on any atom is -0.481 e. The third-order valence-corrected chi connectivity index (χ3v) is 4.26. The number of methoxy groups -OCH3 is 1. The summed E-state index contributed by atoms with van der Waals surface area (Å²) in [5.74, 6) is 0.425. The lowest BCUT2D eigenvalue weighted by Crippen LogP contribution is -2.23. The van der Waals surface area contributed by atoms with Crippen LogP contribution in [-0.2, 0) is 23.2 Å². The number of rotatable bonds is 6. The first-order chi connectivity index (χ1) is 10.0. The number of benzene rings is 1. The second kappa shape index (κ2) is 6.66. The number of pyridine rings is 1. The Hall–Kier alpha value is -1.96. The van der Waals surface area contributed by atoms with Crippen molar-refractivity contribution in [2.75, 3.05) is 7.11 Å². The fourth-order valence-corrected chi connectivity index (χ4v) is 2.83. The van der Waals surface area contributed by atoms with Crippen molar-refractivity contribution < 1.29 is 18.3 Å². The summed E-state index contributed by atoms with van der Waals surface area (Å²) in [7, 11) is -2.14. The van der Waals surface area contributed by atoms with Crippen LogP contribution >= 0.6 is 0 Å². The molecule has 2 rings (SSSR count). The summed E-state index contributed by atoms with van der Waals surface area (Å²) < 4.78 is 31.9. The molecule has 7 heteroatoms. The lowest BCUT2D eigenvalue weighted by Gasteiger charge is -2.08. The van der Waals surface area contributed by atoms with Crippen LogP contribution in [0.15, 0.2) is 47.5 Å². The Bertz CT molecular complexity index is 716. The third-order valence-electron chi connectivity index (χ3n) is 2.87. The number of ether oxygens (including phenoxy) is 1. The van der Waals surface area contributed by atoms with E-state index in [0.29, 0.717) is 11.4 Å². The van der Waals surface area contributed by atoms with Crippen LogP contribution in [0.1, 0.15) is 11.1 Å². The van der Waals surface area contributed by atoms with Gasteiger partial charge in [-0.2, -0.15) is 0 Å². The number of aromatic nitrogens is 1. The van der Waals surface area contributed by atoms with Gasteiger partial charge in [0, 0.05) is 18.8 Å². The summed E-state index contributed by atoms with van der Waals surface area (Å²) in [6, 6.07) is 9.54. The van der Waals surface area contributed by atoms with Crippen molar-refractivity contribution in [1.29, 1.82) is 0 Å². The summed E-state index contributed by atoms with van der Waals surface area (Å²) >= 11 is 0. The van der Waals surface area contributed by atoms with Gasteiger partial charge in [-0.1, -0.05) is 12.1 Å². The fourth-order valence-electron chi connectivity index (χ4n) is 1.74. The molecule has 0 aliphatic carbocycles. The first-order valence-electron chi connectivity index (χ1n) is 6.23. The number of nitrogens with one attached hydrogen (secondary N) is 1. The molecule has 0 aliphatic rings. The summed E-state index contributed by atoms with van der Waals surface area (Å²) in [5.41, 5.74) is 1.28. The van der Waals surface area contributed by atoms with E-state index in [9.17, 15) is 8.42 Å². The quantitative estimate of drug-likeness (QED) is 0.833. The van der Waals surface area contributed by atoms with Crippen LogP contribution < -0.4 is 9.46 Å². The minimum atomic E-state index is -3.63. The number of hydrogen-bond donors (Lipinski definition) is 2. The highest BCUT2D eigenvalue weighted by atomic mass is 32.2. The minimum absolute atomic E-state index is 0.120. The van der Waals surface area contributed by atoms with Gasteiger partial charge in [-0.05, 0) is 29.3 Å². The van der Waals surface area contributed by atoms with Gasteiger partial charge in [0.2, 0.25) is 15.9 Å². The van der Waals surface area contributed by atoms with E-state index in [1.165, 1.54) is 19.2 Å². The van der Waals surface area contributed by atoms with E-state index in [1.54, 1.807) is 30.5 Å². The molecule has 0 unspecified atom stereocenters. The molecule has 0 amide bonds. The van der Waals surface area contributed by atoms with E-state index < -0.39 is 10.0 Å². The second-order valence-electron chi connectivity index (χ2n) is 4.34. The largest absolute Gasteiger partial charge is 0.481 e. The van der Waals surface area contributed by atoms with Gasteiger partial charge in [-0.25, -0.2) is 18.1 Å². The lowest BCUT2D eigenvalue weighted by atomic mass is 10.2. The zero-order valence-electron chi connectivity index (χ0n) is 11.5. The molecule has 0 saturated carbocycles. The van der Waals surface area contributed by atoms with Crippen molar-refractivity contribution in [3.05, 3.63) is 53.7 Å². The predicted molar refractivity (Wildman–Crippen MR) is 77.2 cm³/mol. The molecule has 0 atom stereocenters. The highest BCUT2D eigenvalue weighted by Crippen LogP contribution is 2.13. The van der Waals surface area contributed by atoms with Gasteiger partial charge >= 0.3 is 0 Å². The molecule has 0 saturated heterocycles. The molecule has 0 aliphatic heterocycles. The zero-order valence-corrected chi connectivity index (χ0v) is 12.3. The molecular weight excluding hydrogens is 292 g/mol. The van der Waals surface area contributed by atoms with Gasteiger partial charge in [-0.3, -0.25) is 0 Å². The summed E-state index contributed by atoms with van der Waals surface area (Å²) in [5, 5.41) is 9.06. The standard InChI is InChI=1S/C14H16N2O4S/c1-20-14-8-11(5-6-15-14)9-16-21(18,19)13-4-2-3-12(7-13)10-17/h2-8,16-17H,9-10H2,1H3. The maximum Gasteiger partial charge on any atom is 0.240 e. The Morgan fingerprint density at radius 1 is 1.24 bits per heavy atom. The molecule has 112 valence electrons. The van der Waals surface area contributed by atoms with Crippen molar-refractivity contribution in [2.24, 2.45) is 0 Å². The highest BCUT2D eigenvalue weighted by Gasteiger charge is 2.14. The topological polar surface area (TPSA) is 88.5 Å². The van der Waals surface area contributed by atoms with Crippen molar-refractivity contribution >= 4 is 10.0 Å². The number of nitrogens with zero attached hydrogens (tertiary/aromatic N) is 1. The van der Waals surface area contributed by atoms with Crippen molar-refractivity contribution in [3.63, 3.8) is 0 Å². The first-order valence-corrected chi connectivity index (χ1v) is 7.72. The van der Waals surface area contributed by atoms with Crippen molar-refractivity contribution in [2.45, 2.75) is 18.0 Å². The monoisotopic (exact) mass is 308 g/mol. The molecular formula is C14H16N2O4S. The van der Waals surface area contributed by atoms with E-state index in [2.05, 4.69) is 9.71 Å². The molecule has 0 bridgehead atoms. The summed E-state index contributed by atoms with van der Waals surface area (Å²) in [4.78, 5) is 4.08. The molecule has 1 heterocycles. The van der Waals surface area contributed by atoms with E-state index in [4.69, 9.17) is 9.84 Å². The second-order valence-corrected chi connectivity index (χ2v) is 6.10. The van der Waals surface area contributed by atoms with Crippen LogP contribution in [0.4, 0.5) is 0 Å². The average Bonchev–Trinajstić information content (AvgIpc) is 2.53. The van der Waals surface area contributed by atoms with Crippen molar-refractivity contribution in [3.8, 4) is 5.88 Å². The SMILES string of the molecule is COc1cc(CNS(=O)(=O)c2cccc(CO)c2)ccn1. The summed E-state index contributed by atoms with van der Waals surface area (Å²) in [6.07, 6.45) is 1.55.